The number of ether oxygens (including phenoxy) is 1. The Kier molecular flexibility index (Phi) is 6.33. The summed E-state index contributed by atoms with van der Waals surface area (Å²) in [7, 11) is 0. The first-order chi connectivity index (χ1) is 12.0. The first-order valence-corrected chi connectivity index (χ1v) is 7.85. The molecule has 0 saturated heterocycles. The van der Waals surface area contributed by atoms with Gasteiger partial charge in [0.2, 0.25) is 11.8 Å². The van der Waals surface area contributed by atoms with Gasteiger partial charge in [0.25, 0.3) is 0 Å². The molecular formula is C18H20N2O5. The molecule has 1 heterocycles. The Hall–Kier alpha value is -3.09. The van der Waals surface area contributed by atoms with Crippen LogP contribution in [0.1, 0.15) is 30.0 Å². The minimum absolute atomic E-state index is 0.160. The van der Waals surface area contributed by atoms with Crippen molar-refractivity contribution in [2.24, 2.45) is 0 Å². The lowest BCUT2D eigenvalue weighted by atomic mass is 10.2. The van der Waals surface area contributed by atoms with Crippen molar-refractivity contribution in [2.45, 2.75) is 20.4 Å². The molecule has 1 aromatic heterocycles. The van der Waals surface area contributed by atoms with E-state index in [1.54, 1.807) is 43.3 Å². The topological polar surface area (TPSA) is 88.8 Å². The van der Waals surface area contributed by atoms with Crippen molar-refractivity contribution in [3.05, 3.63) is 54.0 Å². The predicted molar refractivity (Wildman–Crippen MR) is 90.8 cm³/mol. The molecule has 2 rings (SSSR count). The maximum Gasteiger partial charge on any atom is 0.340 e. The third kappa shape index (κ3) is 5.20. The second-order valence-corrected chi connectivity index (χ2v) is 5.27. The molecule has 0 unspecified atom stereocenters. The number of para-hydroxylation sites is 1. The largest absolute Gasteiger partial charge is 0.467 e. The number of furan rings is 1. The SMILES string of the molecule is CCOC(=O)c1ccccc1NC(=O)CN(Cc1ccco1)C(C)=O. The van der Waals surface area contributed by atoms with Gasteiger partial charge in [-0.25, -0.2) is 4.79 Å². The van der Waals surface area contributed by atoms with Gasteiger partial charge in [-0.05, 0) is 31.2 Å². The molecule has 0 spiro atoms. The van der Waals surface area contributed by atoms with E-state index in [0.29, 0.717) is 11.4 Å². The Balaban J connectivity index is 2.06. The molecule has 0 fully saturated rings. The van der Waals surface area contributed by atoms with Crippen LogP contribution in [0.5, 0.6) is 0 Å². The fourth-order valence-corrected chi connectivity index (χ4v) is 2.21. The van der Waals surface area contributed by atoms with E-state index in [0.717, 1.165) is 0 Å². The summed E-state index contributed by atoms with van der Waals surface area (Å²) in [5.41, 5.74) is 0.602. The summed E-state index contributed by atoms with van der Waals surface area (Å²) < 4.78 is 10.2. The summed E-state index contributed by atoms with van der Waals surface area (Å²) in [4.78, 5) is 37.3. The monoisotopic (exact) mass is 344 g/mol. The van der Waals surface area contributed by atoms with Crippen molar-refractivity contribution in [3.8, 4) is 0 Å². The quantitative estimate of drug-likeness (QED) is 0.779. The van der Waals surface area contributed by atoms with Crippen LogP contribution in [0.2, 0.25) is 0 Å². The maximum absolute atomic E-state index is 12.3. The number of anilines is 1. The van der Waals surface area contributed by atoms with Crippen LogP contribution >= 0.6 is 0 Å². The molecule has 2 aromatic rings. The van der Waals surface area contributed by atoms with Gasteiger partial charge in [-0.15, -0.1) is 0 Å². The van der Waals surface area contributed by atoms with Crippen molar-refractivity contribution >= 4 is 23.5 Å². The highest BCUT2D eigenvalue weighted by Gasteiger charge is 2.18. The average Bonchev–Trinajstić information content (AvgIpc) is 3.08. The minimum atomic E-state index is -0.516. The number of carbonyl (C=O) groups is 3. The molecular weight excluding hydrogens is 324 g/mol. The molecule has 7 nitrogen and oxygen atoms in total. The van der Waals surface area contributed by atoms with Gasteiger partial charge in [0.05, 0.1) is 30.7 Å². The van der Waals surface area contributed by atoms with E-state index in [4.69, 9.17) is 9.15 Å². The van der Waals surface area contributed by atoms with E-state index in [1.165, 1.54) is 18.1 Å². The number of nitrogens with zero attached hydrogens (tertiary/aromatic N) is 1. The third-order valence-corrected chi connectivity index (χ3v) is 3.40. The fraction of sp³-hybridized carbons (Fsp3) is 0.278. The summed E-state index contributed by atoms with van der Waals surface area (Å²) in [5, 5.41) is 2.65. The number of hydrogen-bond donors (Lipinski definition) is 1. The number of amides is 2. The highest BCUT2D eigenvalue weighted by Crippen LogP contribution is 2.16. The van der Waals surface area contributed by atoms with Gasteiger partial charge < -0.3 is 19.4 Å². The van der Waals surface area contributed by atoms with Crippen LogP contribution in [-0.4, -0.2) is 35.8 Å². The molecule has 25 heavy (non-hydrogen) atoms. The van der Waals surface area contributed by atoms with Gasteiger partial charge in [-0.2, -0.15) is 0 Å². The van der Waals surface area contributed by atoms with Crippen LogP contribution in [0.25, 0.3) is 0 Å². The van der Waals surface area contributed by atoms with Crippen molar-refractivity contribution in [3.63, 3.8) is 0 Å². The summed E-state index contributed by atoms with van der Waals surface area (Å²) in [5.74, 6) is -0.615. The van der Waals surface area contributed by atoms with Crippen LogP contribution in [0, 0.1) is 0 Å². The highest BCUT2D eigenvalue weighted by molar-refractivity contribution is 6.02. The predicted octanol–water partition coefficient (Wildman–Crippen LogP) is 2.44. The van der Waals surface area contributed by atoms with Crippen LogP contribution < -0.4 is 5.32 Å². The Morgan fingerprint density at radius 3 is 2.56 bits per heavy atom. The van der Waals surface area contributed by atoms with E-state index in [-0.39, 0.29) is 31.2 Å². The smallest absolute Gasteiger partial charge is 0.340 e. The van der Waals surface area contributed by atoms with Gasteiger partial charge in [-0.1, -0.05) is 12.1 Å². The number of nitrogens with one attached hydrogen (secondary N) is 1. The third-order valence-electron chi connectivity index (χ3n) is 3.40. The van der Waals surface area contributed by atoms with E-state index < -0.39 is 11.9 Å². The summed E-state index contributed by atoms with van der Waals surface area (Å²) in [6, 6.07) is 9.99. The molecule has 1 N–H and O–H groups in total. The van der Waals surface area contributed by atoms with Crippen molar-refractivity contribution in [2.75, 3.05) is 18.5 Å². The molecule has 7 heteroatoms. The van der Waals surface area contributed by atoms with Crippen molar-refractivity contribution in [1.82, 2.24) is 4.90 Å². The summed E-state index contributed by atoms with van der Waals surface area (Å²) in [6.45, 7) is 3.35. The molecule has 0 radical (unpaired) electrons. The minimum Gasteiger partial charge on any atom is -0.467 e. The van der Waals surface area contributed by atoms with Crippen LogP contribution in [-0.2, 0) is 20.9 Å². The van der Waals surface area contributed by atoms with Gasteiger partial charge in [0.15, 0.2) is 0 Å². The molecule has 0 aliphatic heterocycles. The molecule has 0 atom stereocenters. The average molecular weight is 344 g/mol. The zero-order chi connectivity index (χ0) is 18.2. The van der Waals surface area contributed by atoms with Crippen LogP contribution in [0.4, 0.5) is 5.69 Å². The number of rotatable bonds is 7. The molecule has 0 aliphatic rings. The maximum atomic E-state index is 12.3. The Morgan fingerprint density at radius 1 is 1.16 bits per heavy atom. The van der Waals surface area contributed by atoms with Gasteiger partial charge in [-0.3, -0.25) is 9.59 Å². The lowest BCUT2D eigenvalue weighted by Gasteiger charge is -2.19. The van der Waals surface area contributed by atoms with Crippen molar-refractivity contribution in [1.29, 1.82) is 0 Å². The van der Waals surface area contributed by atoms with Gasteiger partial charge >= 0.3 is 5.97 Å². The number of benzene rings is 1. The number of carbonyl (C=O) groups excluding carboxylic acids is 3. The zero-order valence-electron chi connectivity index (χ0n) is 14.2. The standard InChI is InChI=1S/C18H20N2O5/c1-3-24-18(23)15-8-4-5-9-16(15)19-17(22)12-20(13(2)21)11-14-7-6-10-25-14/h4-10H,3,11-12H2,1-2H3,(H,19,22). The highest BCUT2D eigenvalue weighted by atomic mass is 16.5. The summed E-state index contributed by atoms with van der Waals surface area (Å²) >= 11 is 0. The Morgan fingerprint density at radius 2 is 1.92 bits per heavy atom. The van der Waals surface area contributed by atoms with E-state index in [2.05, 4.69) is 5.32 Å². The molecule has 0 saturated carbocycles. The first-order valence-electron chi connectivity index (χ1n) is 7.85. The van der Waals surface area contributed by atoms with Crippen LogP contribution in [0.3, 0.4) is 0 Å². The first kappa shape index (κ1) is 18.3. The second-order valence-electron chi connectivity index (χ2n) is 5.27. The molecule has 0 bridgehead atoms. The zero-order valence-corrected chi connectivity index (χ0v) is 14.2. The molecule has 2 amide bonds. The van der Waals surface area contributed by atoms with Gasteiger partial charge in [0.1, 0.15) is 12.3 Å². The number of esters is 1. The lowest BCUT2D eigenvalue weighted by Crippen LogP contribution is -2.36. The molecule has 1 aromatic carbocycles. The van der Waals surface area contributed by atoms with E-state index in [9.17, 15) is 14.4 Å². The summed E-state index contributed by atoms with van der Waals surface area (Å²) in [6.07, 6.45) is 1.50. The van der Waals surface area contributed by atoms with E-state index >= 15 is 0 Å². The lowest BCUT2D eigenvalue weighted by molar-refractivity contribution is -0.133. The number of hydrogen-bond acceptors (Lipinski definition) is 5. The molecule has 0 aliphatic carbocycles. The van der Waals surface area contributed by atoms with Crippen LogP contribution in [0.15, 0.2) is 47.1 Å². The Labute approximate surface area is 145 Å². The fourth-order valence-electron chi connectivity index (χ4n) is 2.21. The van der Waals surface area contributed by atoms with E-state index in [1.807, 2.05) is 0 Å². The molecule has 132 valence electrons. The van der Waals surface area contributed by atoms with Crippen molar-refractivity contribution < 1.29 is 23.5 Å². The van der Waals surface area contributed by atoms with Gasteiger partial charge in [0, 0.05) is 6.92 Å². The normalized spacial score (nSPS) is 10.2. The second kappa shape index (κ2) is 8.68. The Bertz CT molecular complexity index is 740.